The number of hydrogen-bond donors (Lipinski definition) is 1. The third-order valence-electron chi connectivity index (χ3n) is 5.22. The smallest absolute Gasteiger partial charge is 0.231 e. The van der Waals surface area contributed by atoms with Gasteiger partial charge in [0.2, 0.25) is 6.79 Å². The zero-order valence-corrected chi connectivity index (χ0v) is 13.8. The highest BCUT2D eigenvalue weighted by molar-refractivity contribution is 5.85. The van der Waals surface area contributed by atoms with Crippen molar-refractivity contribution in [3.63, 3.8) is 0 Å². The normalized spacial score (nSPS) is 19.5. The Hall–Kier alpha value is -2.40. The van der Waals surface area contributed by atoms with Gasteiger partial charge < -0.3 is 24.3 Å². The second-order valence-corrected chi connectivity index (χ2v) is 6.38. The standard InChI is InChI=1S/C19H19NO4/c1-21-16-6-10-3-4-20-13-5-11-7-14-15(24-9-23-14)8-12(11)18(17(10)13)19(16)22-2/h6-8,13,20H,3-5,9H2,1-2H3. The first-order valence-electron chi connectivity index (χ1n) is 8.24. The van der Waals surface area contributed by atoms with Gasteiger partial charge in [-0.2, -0.15) is 0 Å². The van der Waals surface area contributed by atoms with Crippen LogP contribution in [0.25, 0.3) is 11.1 Å². The summed E-state index contributed by atoms with van der Waals surface area (Å²) < 4.78 is 22.5. The number of nitrogens with one attached hydrogen (secondary N) is 1. The van der Waals surface area contributed by atoms with Crippen LogP contribution in [0, 0.1) is 0 Å². The molecule has 3 aliphatic rings. The molecule has 0 bridgehead atoms. The summed E-state index contributed by atoms with van der Waals surface area (Å²) in [7, 11) is 3.40. The van der Waals surface area contributed by atoms with Gasteiger partial charge in [0.25, 0.3) is 0 Å². The van der Waals surface area contributed by atoms with Crippen LogP contribution in [0.3, 0.4) is 0 Å². The maximum absolute atomic E-state index is 5.76. The van der Waals surface area contributed by atoms with Crippen LogP contribution < -0.4 is 24.3 Å². The number of rotatable bonds is 2. The van der Waals surface area contributed by atoms with E-state index in [1.807, 2.05) is 0 Å². The molecule has 0 amide bonds. The monoisotopic (exact) mass is 325 g/mol. The topological polar surface area (TPSA) is 49.0 Å². The van der Waals surface area contributed by atoms with Crippen molar-refractivity contribution < 1.29 is 18.9 Å². The molecule has 2 heterocycles. The molecule has 5 heteroatoms. The summed E-state index contributed by atoms with van der Waals surface area (Å²) in [5, 5.41) is 3.65. The molecular formula is C19H19NO4. The molecule has 1 aliphatic carbocycles. The first kappa shape index (κ1) is 14.0. The average Bonchev–Trinajstić information content (AvgIpc) is 3.06. The number of fused-ring (bicyclic) bond motifs is 3. The number of methoxy groups -OCH3 is 2. The van der Waals surface area contributed by atoms with E-state index < -0.39 is 0 Å². The zero-order valence-electron chi connectivity index (χ0n) is 13.8. The average molecular weight is 325 g/mol. The van der Waals surface area contributed by atoms with Crippen LogP contribution in [0.2, 0.25) is 0 Å². The van der Waals surface area contributed by atoms with Crippen molar-refractivity contribution in [3.05, 3.63) is 34.9 Å². The molecule has 5 rings (SSSR count). The first-order valence-corrected chi connectivity index (χ1v) is 8.24. The Labute approximate surface area is 140 Å². The van der Waals surface area contributed by atoms with Crippen molar-refractivity contribution in [3.8, 4) is 34.1 Å². The quantitative estimate of drug-likeness (QED) is 0.920. The lowest BCUT2D eigenvalue weighted by Crippen LogP contribution is -2.33. The van der Waals surface area contributed by atoms with Crippen molar-refractivity contribution >= 4 is 0 Å². The molecule has 2 aromatic carbocycles. The van der Waals surface area contributed by atoms with Crippen molar-refractivity contribution in [1.82, 2.24) is 5.32 Å². The van der Waals surface area contributed by atoms with E-state index in [0.29, 0.717) is 6.04 Å². The first-order chi connectivity index (χ1) is 11.8. The van der Waals surface area contributed by atoms with Gasteiger partial charge in [0.15, 0.2) is 23.0 Å². The van der Waals surface area contributed by atoms with Gasteiger partial charge in [0, 0.05) is 11.6 Å². The van der Waals surface area contributed by atoms with Crippen LogP contribution in [-0.4, -0.2) is 27.6 Å². The molecule has 0 radical (unpaired) electrons. The third-order valence-corrected chi connectivity index (χ3v) is 5.22. The second-order valence-electron chi connectivity index (χ2n) is 6.38. The maximum Gasteiger partial charge on any atom is 0.231 e. The van der Waals surface area contributed by atoms with Gasteiger partial charge in [-0.1, -0.05) is 0 Å². The highest BCUT2D eigenvalue weighted by Gasteiger charge is 2.35. The Morgan fingerprint density at radius 3 is 2.67 bits per heavy atom. The van der Waals surface area contributed by atoms with E-state index >= 15 is 0 Å². The summed E-state index contributed by atoms with van der Waals surface area (Å²) in [6.45, 7) is 1.26. The second kappa shape index (κ2) is 5.05. The Bertz CT molecular complexity index is 846. The van der Waals surface area contributed by atoms with E-state index in [2.05, 4.69) is 23.5 Å². The molecule has 1 atom stereocenters. The summed E-state index contributed by atoms with van der Waals surface area (Å²) >= 11 is 0. The van der Waals surface area contributed by atoms with Crippen LogP contribution >= 0.6 is 0 Å². The van der Waals surface area contributed by atoms with Gasteiger partial charge in [0.1, 0.15) is 0 Å². The molecule has 124 valence electrons. The summed E-state index contributed by atoms with van der Waals surface area (Å²) in [4.78, 5) is 0. The van der Waals surface area contributed by atoms with Gasteiger partial charge in [-0.15, -0.1) is 0 Å². The lowest BCUT2D eigenvalue weighted by Gasteiger charge is -2.35. The molecule has 0 spiro atoms. The van der Waals surface area contributed by atoms with Crippen LogP contribution in [0.5, 0.6) is 23.0 Å². The molecule has 5 nitrogen and oxygen atoms in total. The van der Waals surface area contributed by atoms with Crippen LogP contribution in [0.4, 0.5) is 0 Å². The molecule has 0 fully saturated rings. The Morgan fingerprint density at radius 2 is 1.88 bits per heavy atom. The van der Waals surface area contributed by atoms with Gasteiger partial charge in [-0.3, -0.25) is 0 Å². The minimum absolute atomic E-state index is 0.285. The van der Waals surface area contributed by atoms with E-state index in [4.69, 9.17) is 18.9 Å². The predicted octanol–water partition coefficient (Wildman–Crippen LogP) is 2.84. The Kier molecular flexibility index (Phi) is 2.94. The minimum atomic E-state index is 0.285. The van der Waals surface area contributed by atoms with Crippen molar-refractivity contribution in [1.29, 1.82) is 0 Å². The largest absolute Gasteiger partial charge is 0.493 e. The van der Waals surface area contributed by atoms with Crippen LogP contribution in [-0.2, 0) is 12.8 Å². The number of benzene rings is 2. The summed E-state index contributed by atoms with van der Waals surface area (Å²) in [6.07, 6.45) is 1.94. The fourth-order valence-electron chi connectivity index (χ4n) is 4.20. The molecule has 2 aromatic rings. The summed E-state index contributed by atoms with van der Waals surface area (Å²) in [5.41, 5.74) is 6.22. The molecule has 0 saturated carbocycles. The van der Waals surface area contributed by atoms with Gasteiger partial charge in [-0.05, 0) is 59.8 Å². The SMILES string of the molecule is COc1cc2c3c(c1OC)-c1cc4c(cc1CC3NCC2)OCO4. The zero-order chi connectivity index (χ0) is 16.3. The highest BCUT2D eigenvalue weighted by Crippen LogP contribution is 2.52. The molecular weight excluding hydrogens is 306 g/mol. The van der Waals surface area contributed by atoms with Gasteiger partial charge >= 0.3 is 0 Å². The Morgan fingerprint density at radius 1 is 1.04 bits per heavy atom. The van der Waals surface area contributed by atoms with E-state index in [1.165, 1.54) is 16.7 Å². The van der Waals surface area contributed by atoms with Crippen LogP contribution in [0.1, 0.15) is 22.7 Å². The molecule has 2 aliphatic heterocycles. The van der Waals surface area contributed by atoms with Gasteiger partial charge in [-0.25, -0.2) is 0 Å². The highest BCUT2D eigenvalue weighted by atomic mass is 16.7. The van der Waals surface area contributed by atoms with Crippen molar-refractivity contribution in [2.24, 2.45) is 0 Å². The van der Waals surface area contributed by atoms with E-state index in [1.54, 1.807) is 14.2 Å². The third kappa shape index (κ3) is 1.79. The van der Waals surface area contributed by atoms with Crippen molar-refractivity contribution in [2.45, 2.75) is 18.9 Å². The molecule has 0 aromatic heterocycles. The summed E-state index contributed by atoms with van der Waals surface area (Å²) in [6, 6.07) is 6.62. The van der Waals surface area contributed by atoms with Crippen molar-refractivity contribution in [2.75, 3.05) is 27.6 Å². The van der Waals surface area contributed by atoms with Gasteiger partial charge in [0.05, 0.1) is 14.2 Å². The summed E-state index contributed by atoms with van der Waals surface area (Å²) in [5.74, 6) is 3.21. The molecule has 24 heavy (non-hydrogen) atoms. The predicted molar refractivity (Wildman–Crippen MR) is 89.3 cm³/mol. The molecule has 0 saturated heterocycles. The molecule has 1 unspecified atom stereocenters. The van der Waals surface area contributed by atoms with E-state index in [0.717, 1.165) is 53.5 Å². The lowest BCUT2D eigenvalue weighted by atomic mass is 9.77. The molecule has 1 N–H and O–H groups in total. The van der Waals surface area contributed by atoms with Crippen LogP contribution in [0.15, 0.2) is 18.2 Å². The van der Waals surface area contributed by atoms with E-state index in [9.17, 15) is 0 Å². The number of hydrogen-bond acceptors (Lipinski definition) is 5. The fourth-order valence-corrected chi connectivity index (χ4v) is 4.20. The maximum atomic E-state index is 5.76. The number of ether oxygens (including phenoxy) is 4. The Balaban J connectivity index is 1.84. The minimum Gasteiger partial charge on any atom is -0.493 e. The lowest BCUT2D eigenvalue weighted by molar-refractivity contribution is 0.174. The fraction of sp³-hybridized carbons (Fsp3) is 0.368. The van der Waals surface area contributed by atoms with E-state index in [-0.39, 0.29) is 6.79 Å².